The van der Waals surface area contributed by atoms with E-state index in [0.29, 0.717) is 23.9 Å². The van der Waals surface area contributed by atoms with Crippen molar-refractivity contribution in [1.82, 2.24) is 15.2 Å². The summed E-state index contributed by atoms with van der Waals surface area (Å²) in [4.78, 5) is 19.5. The number of hydrogen-bond acceptors (Lipinski definition) is 5. The summed E-state index contributed by atoms with van der Waals surface area (Å²) in [6, 6.07) is 13.5. The van der Waals surface area contributed by atoms with E-state index in [1.54, 1.807) is 13.2 Å². The monoisotopic (exact) mass is 365 g/mol. The van der Waals surface area contributed by atoms with Gasteiger partial charge in [-0.2, -0.15) is 0 Å². The topological polar surface area (TPSA) is 71.5 Å². The van der Waals surface area contributed by atoms with Crippen molar-refractivity contribution in [3.63, 3.8) is 0 Å². The van der Waals surface area contributed by atoms with Crippen LogP contribution >= 0.6 is 0 Å². The van der Waals surface area contributed by atoms with Crippen LogP contribution in [-0.4, -0.2) is 35.4 Å². The summed E-state index contributed by atoms with van der Waals surface area (Å²) in [5.41, 5.74) is 1.18. The molecule has 1 aliphatic rings. The highest BCUT2D eigenvalue weighted by molar-refractivity contribution is 5.93. The fourth-order valence-corrected chi connectivity index (χ4v) is 3.53. The molecule has 1 aliphatic heterocycles. The van der Waals surface area contributed by atoms with Crippen molar-refractivity contribution in [2.75, 3.05) is 19.6 Å². The van der Waals surface area contributed by atoms with Gasteiger partial charge in [0, 0.05) is 12.1 Å². The van der Waals surface area contributed by atoms with Crippen LogP contribution in [0.5, 0.6) is 0 Å². The second-order valence-electron chi connectivity index (χ2n) is 6.77. The van der Waals surface area contributed by atoms with Crippen LogP contribution in [0.2, 0.25) is 0 Å². The maximum Gasteiger partial charge on any atom is 0.273 e. The van der Waals surface area contributed by atoms with Gasteiger partial charge < -0.3 is 14.2 Å². The van der Waals surface area contributed by atoms with Gasteiger partial charge in [-0.05, 0) is 57.1 Å². The van der Waals surface area contributed by atoms with Gasteiger partial charge in [0.1, 0.15) is 11.5 Å². The first-order valence-electron chi connectivity index (χ1n) is 9.31. The lowest BCUT2D eigenvalue weighted by atomic mass is 10.2. The molecule has 0 aliphatic carbocycles. The molecule has 6 heteroatoms. The Kier molecular flexibility index (Phi) is 5.07. The van der Waals surface area contributed by atoms with Gasteiger partial charge in [0.15, 0.2) is 5.69 Å². The first kappa shape index (κ1) is 17.5. The van der Waals surface area contributed by atoms with E-state index in [2.05, 4.69) is 15.2 Å². The van der Waals surface area contributed by atoms with E-state index in [1.807, 2.05) is 42.5 Å². The molecular weight excluding hydrogens is 342 g/mol. The Morgan fingerprint density at radius 2 is 1.96 bits per heavy atom. The summed E-state index contributed by atoms with van der Waals surface area (Å²) in [6.07, 6.45) is 4.02. The van der Waals surface area contributed by atoms with Crippen LogP contribution in [0.4, 0.5) is 0 Å². The van der Waals surface area contributed by atoms with Crippen molar-refractivity contribution < 1.29 is 13.6 Å². The van der Waals surface area contributed by atoms with Gasteiger partial charge in [0.25, 0.3) is 5.91 Å². The molecule has 3 heterocycles. The van der Waals surface area contributed by atoms with Crippen molar-refractivity contribution in [2.45, 2.75) is 25.8 Å². The molecule has 1 fully saturated rings. The molecule has 0 saturated carbocycles. The number of nitrogens with one attached hydrogen (secondary N) is 1. The third-order valence-electron chi connectivity index (χ3n) is 4.94. The average Bonchev–Trinajstić information content (AvgIpc) is 3.45. The Balaban J connectivity index is 1.48. The van der Waals surface area contributed by atoms with Crippen LogP contribution in [0.25, 0.3) is 11.5 Å². The zero-order valence-corrected chi connectivity index (χ0v) is 15.4. The summed E-state index contributed by atoms with van der Waals surface area (Å²) in [6.45, 7) is 4.27. The minimum absolute atomic E-state index is 0.0345. The van der Waals surface area contributed by atoms with Crippen LogP contribution in [0, 0.1) is 6.92 Å². The first-order valence-corrected chi connectivity index (χ1v) is 9.31. The molecule has 1 atom stereocenters. The number of furan rings is 1. The van der Waals surface area contributed by atoms with E-state index in [9.17, 15) is 4.79 Å². The number of hydrogen-bond donors (Lipinski definition) is 1. The number of amides is 1. The predicted molar refractivity (Wildman–Crippen MR) is 101 cm³/mol. The lowest BCUT2D eigenvalue weighted by Crippen LogP contribution is -2.36. The molecule has 0 spiro atoms. The first-order chi connectivity index (χ1) is 13.2. The SMILES string of the molecule is Cc1oc(-c2ccccc2)nc1C(=O)NCC(c1ccco1)N1CCCC1. The Morgan fingerprint density at radius 1 is 1.19 bits per heavy atom. The fraction of sp³-hybridized carbons (Fsp3) is 0.333. The van der Waals surface area contributed by atoms with Crippen molar-refractivity contribution in [3.05, 3.63) is 65.9 Å². The van der Waals surface area contributed by atoms with Crippen LogP contribution in [0.3, 0.4) is 0 Å². The standard InChI is InChI=1S/C21H23N3O3/c1-15-19(23-21(27-15)16-8-3-2-4-9-16)20(25)22-14-17(18-10-7-13-26-18)24-11-5-6-12-24/h2-4,7-10,13,17H,5-6,11-12,14H2,1H3,(H,22,25). The third-order valence-corrected chi connectivity index (χ3v) is 4.94. The van der Waals surface area contributed by atoms with E-state index < -0.39 is 0 Å². The fourth-order valence-electron chi connectivity index (χ4n) is 3.53. The number of aromatic nitrogens is 1. The molecule has 140 valence electrons. The highest BCUT2D eigenvalue weighted by atomic mass is 16.4. The molecule has 2 aromatic heterocycles. The predicted octanol–water partition coefficient (Wildman–Crippen LogP) is 3.81. The minimum atomic E-state index is -0.228. The molecule has 1 amide bonds. The highest BCUT2D eigenvalue weighted by Crippen LogP contribution is 2.25. The number of benzene rings is 1. The molecule has 0 bridgehead atoms. The zero-order valence-electron chi connectivity index (χ0n) is 15.4. The minimum Gasteiger partial charge on any atom is -0.468 e. The Morgan fingerprint density at radius 3 is 2.67 bits per heavy atom. The molecule has 1 saturated heterocycles. The van der Waals surface area contributed by atoms with Crippen LogP contribution in [-0.2, 0) is 0 Å². The van der Waals surface area contributed by atoms with Gasteiger partial charge in [0.05, 0.1) is 12.3 Å². The zero-order chi connectivity index (χ0) is 18.6. The molecule has 1 N–H and O–H groups in total. The summed E-state index contributed by atoms with van der Waals surface area (Å²) >= 11 is 0. The van der Waals surface area contributed by atoms with E-state index in [1.165, 1.54) is 12.8 Å². The van der Waals surface area contributed by atoms with Crippen molar-refractivity contribution >= 4 is 5.91 Å². The van der Waals surface area contributed by atoms with Crippen molar-refractivity contribution in [2.24, 2.45) is 0 Å². The summed E-state index contributed by atoms with van der Waals surface area (Å²) < 4.78 is 11.3. The molecular formula is C21H23N3O3. The van der Waals surface area contributed by atoms with Gasteiger partial charge in [-0.3, -0.25) is 9.69 Å². The van der Waals surface area contributed by atoms with Crippen LogP contribution in [0.15, 0.2) is 57.6 Å². The number of nitrogens with zero attached hydrogens (tertiary/aromatic N) is 2. The number of oxazole rings is 1. The highest BCUT2D eigenvalue weighted by Gasteiger charge is 2.27. The number of rotatable bonds is 6. The molecule has 27 heavy (non-hydrogen) atoms. The number of carbonyl (C=O) groups excluding carboxylic acids is 1. The molecule has 0 radical (unpaired) electrons. The third kappa shape index (κ3) is 3.80. The Bertz CT molecular complexity index is 881. The van der Waals surface area contributed by atoms with E-state index in [-0.39, 0.29) is 11.9 Å². The van der Waals surface area contributed by atoms with E-state index in [0.717, 1.165) is 24.4 Å². The van der Waals surface area contributed by atoms with Gasteiger partial charge >= 0.3 is 0 Å². The lowest BCUT2D eigenvalue weighted by molar-refractivity contribution is 0.0928. The Hall–Kier alpha value is -2.86. The summed E-state index contributed by atoms with van der Waals surface area (Å²) in [5, 5.41) is 3.01. The van der Waals surface area contributed by atoms with E-state index >= 15 is 0 Å². The number of aryl methyl sites for hydroxylation is 1. The van der Waals surface area contributed by atoms with Crippen molar-refractivity contribution in [1.29, 1.82) is 0 Å². The smallest absolute Gasteiger partial charge is 0.273 e. The van der Waals surface area contributed by atoms with Gasteiger partial charge in [-0.15, -0.1) is 0 Å². The second kappa shape index (κ2) is 7.80. The second-order valence-corrected chi connectivity index (χ2v) is 6.77. The van der Waals surface area contributed by atoms with Gasteiger partial charge in [-0.1, -0.05) is 18.2 Å². The van der Waals surface area contributed by atoms with Gasteiger partial charge in [0.2, 0.25) is 5.89 Å². The average molecular weight is 365 g/mol. The number of carbonyl (C=O) groups is 1. The van der Waals surface area contributed by atoms with Crippen LogP contribution < -0.4 is 5.32 Å². The van der Waals surface area contributed by atoms with E-state index in [4.69, 9.17) is 8.83 Å². The summed E-state index contributed by atoms with van der Waals surface area (Å²) in [7, 11) is 0. The maximum absolute atomic E-state index is 12.7. The molecule has 6 nitrogen and oxygen atoms in total. The largest absolute Gasteiger partial charge is 0.468 e. The maximum atomic E-state index is 12.7. The molecule has 1 unspecified atom stereocenters. The molecule has 3 aromatic rings. The molecule has 4 rings (SSSR count). The lowest BCUT2D eigenvalue weighted by Gasteiger charge is -2.25. The van der Waals surface area contributed by atoms with Gasteiger partial charge in [-0.25, -0.2) is 4.98 Å². The Labute approximate surface area is 158 Å². The number of likely N-dealkylation sites (tertiary alicyclic amines) is 1. The normalized spacial score (nSPS) is 15.7. The quantitative estimate of drug-likeness (QED) is 0.719. The summed E-state index contributed by atoms with van der Waals surface area (Å²) in [5.74, 6) is 1.62. The molecule has 1 aromatic carbocycles. The van der Waals surface area contributed by atoms with Crippen LogP contribution in [0.1, 0.15) is 40.9 Å². The van der Waals surface area contributed by atoms with Crippen molar-refractivity contribution in [3.8, 4) is 11.5 Å².